The maximum absolute atomic E-state index is 12.1. The maximum atomic E-state index is 12.1. The first-order chi connectivity index (χ1) is 13.5. The van der Waals surface area contributed by atoms with Crippen LogP contribution in [0.25, 0.3) is 0 Å². The number of rotatable bonds is 10. The average molecular weight is 384 g/mol. The fourth-order valence-electron chi connectivity index (χ4n) is 2.41. The lowest BCUT2D eigenvalue weighted by molar-refractivity contribution is -0.119. The SMILES string of the molecule is CCOc1ccccc1OCCCC(=O)Nc1ccc(NC(=O)C(C)C)cc1. The van der Waals surface area contributed by atoms with Crippen molar-refractivity contribution in [1.29, 1.82) is 0 Å². The molecule has 0 radical (unpaired) electrons. The van der Waals surface area contributed by atoms with E-state index in [4.69, 9.17) is 9.47 Å². The quantitative estimate of drug-likeness (QED) is 0.592. The van der Waals surface area contributed by atoms with E-state index in [1.165, 1.54) is 0 Å². The Kier molecular flexibility index (Phi) is 8.34. The summed E-state index contributed by atoms with van der Waals surface area (Å²) >= 11 is 0. The molecule has 6 nitrogen and oxygen atoms in total. The smallest absolute Gasteiger partial charge is 0.226 e. The lowest BCUT2D eigenvalue weighted by atomic mass is 10.2. The molecule has 0 aliphatic carbocycles. The number of hydrogen-bond acceptors (Lipinski definition) is 4. The molecule has 150 valence electrons. The molecule has 2 N–H and O–H groups in total. The van der Waals surface area contributed by atoms with Crippen molar-refractivity contribution in [2.24, 2.45) is 5.92 Å². The number of benzene rings is 2. The van der Waals surface area contributed by atoms with Crippen molar-refractivity contribution in [3.8, 4) is 11.5 Å². The van der Waals surface area contributed by atoms with Gasteiger partial charge in [0.2, 0.25) is 11.8 Å². The summed E-state index contributed by atoms with van der Waals surface area (Å²) in [6, 6.07) is 14.6. The molecule has 2 aromatic carbocycles. The predicted octanol–water partition coefficient (Wildman–Crippen LogP) is 4.48. The first-order valence-corrected chi connectivity index (χ1v) is 9.55. The van der Waals surface area contributed by atoms with Crippen LogP contribution in [0.1, 0.15) is 33.6 Å². The van der Waals surface area contributed by atoms with Crippen LogP contribution in [-0.4, -0.2) is 25.0 Å². The third-order valence-electron chi connectivity index (χ3n) is 3.92. The minimum Gasteiger partial charge on any atom is -0.490 e. The molecule has 2 aromatic rings. The van der Waals surface area contributed by atoms with Gasteiger partial charge >= 0.3 is 0 Å². The number of carbonyl (C=O) groups is 2. The Balaban J connectivity index is 1.73. The molecule has 0 heterocycles. The van der Waals surface area contributed by atoms with Crippen LogP contribution in [0.2, 0.25) is 0 Å². The van der Waals surface area contributed by atoms with Crippen molar-refractivity contribution in [3.05, 3.63) is 48.5 Å². The monoisotopic (exact) mass is 384 g/mol. The van der Waals surface area contributed by atoms with E-state index >= 15 is 0 Å². The highest BCUT2D eigenvalue weighted by Crippen LogP contribution is 2.26. The minimum absolute atomic E-state index is 0.0392. The van der Waals surface area contributed by atoms with Crippen molar-refractivity contribution < 1.29 is 19.1 Å². The van der Waals surface area contributed by atoms with Crippen molar-refractivity contribution in [2.45, 2.75) is 33.6 Å². The lowest BCUT2D eigenvalue weighted by Crippen LogP contribution is -2.17. The van der Waals surface area contributed by atoms with Gasteiger partial charge in [0, 0.05) is 23.7 Å². The summed E-state index contributed by atoms with van der Waals surface area (Å²) in [5.74, 6) is 1.19. The number of nitrogens with one attached hydrogen (secondary N) is 2. The van der Waals surface area contributed by atoms with E-state index in [2.05, 4.69) is 10.6 Å². The zero-order chi connectivity index (χ0) is 20.4. The zero-order valence-electron chi connectivity index (χ0n) is 16.7. The van der Waals surface area contributed by atoms with Crippen molar-refractivity contribution >= 4 is 23.2 Å². The van der Waals surface area contributed by atoms with Gasteiger partial charge in [0.1, 0.15) is 0 Å². The molecular weight excluding hydrogens is 356 g/mol. The summed E-state index contributed by atoms with van der Waals surface area (Å²) in [7, 11) is 0. The summed E-state index contributed by atoms with van der Waals surface area (Å²) in [5, 5.41) is 5.66. The van der Waals surface area contributed by atoms with E-state index in [0.29, 0.717) is 48.9 Å². The maximum Gasteiger partial charge on any atom is 0.226 e. The van der Waals surface area contributed by atoms with E-state index in [0.717, 1.165) is 0 Å². The lowest BCUT2D eigenvalue weighted by Gasteiger charge is -2.11. The third kappa shape index (κ3) is 6.95. The highest BCUT2D eigenvalue weighted by molar-refractivity contribution is 5.93. The Labute approximate surface area is 166 Å². The van der Waals surface area contributed by atoms with Gasteiger partial charge < -0.3 is 20.1 Å². The van der Waals surface area contributed by atoms with Crippen LogP contribution in [-0.2, 0) is 9.59 Å². The Bertz CT molecular complexity index is 772. The van der Waals surface area contributed by atoms with Crippen LogP contribution in [0.15, 0.2) is 48.5 Å². The number of amides is 2. The molecule has 2 amide bonds. The Hall–Kier alpha value is -3.02. The van der Waals surface area contributed by atoms with Gasteiger partial charge in [-0.15, -0.1) is 0 Å². The van der Waals surface area contributed by atoms with E-state index in [1.807, 2.05) is 45.0 Å². The summed E-state index contributed by atoms with van der Waals surface area (Å²) < 4.78 is 11.2. The largest absolute Gasteiger partial charge is 0.490 e. The molecule has 0 aromatic heterocycles. The predicted molar refractivity (Wildman–Crippen MR) is 111 cm³/mol. The second-order valence-corrected chi connectivity index (χ2v) is 6.60. The summed E-state index contributed by atoms with van der Waals surface area (Å²) in [4.78, 5) is 23.8. The normalized spacial score (nSPS) is 10.4. The van der Waals surface area contributed by atoms with Gasteiger partial charge in [0.25, 0.3) is 0 Å². The number of anilines is 2. The van der Waals surface area contributed by atoms with Gasteiger partial charge in [0.05, 0.1) is 13.2 Å². The minimum atomic E-state index is -0.0827. The topological polar surface area (TPSA) is 76.7 Å². The molecule has 0 atom stereocenters. The summed E-state index contributed by atoms with van der Waals surface area (Å²) in [5.41, 5.74) is 1.40. The van der Waals surface area contributed by atoms with E-state index in [-0.39, 0.29) is 17.7 Å². The molecular formula is C22H28N2O4. The first kappa shape index (κ1) is 21.3. The summed E-state index contributed by atoms with van der Waals surface area (Å²) in [6.45, 7) is 6.60. The van der Waals surface area contributed by atoms with Gasteiger partial charge in [-0.25, -0.2) is 0 Å². The molecule has 0 spiro atoms. The fourth-order valence-corrected chi connectivity index (χ4v) is 2.41. The van der Waals surface area contributed by atoms with Crippen LogP contribution in [0.5, 0.6) is 11.5 Å². The molecule has 0 fully saturated rings. The van der Waals surface area contributed by atoms with Crippen molar-refractivity contribution in [2.75, 3.05) is 23.8 Å². The van der Waals surface area contributed by atoms with E-state index in [1.54, 1.807) is 24.3 Å². The molecule has 0 aliphatic rings. The molecule has 2 rings (SSSR count). The van der Waals surface area contributed by atoms with E-state index in [9.17, 15) is 9.59 Å². The molecule has 0 bridgehead atoms. The van der Waals surface area contributed by atoms with Crippen LogP contribution in [0.4, 0.5) is 11.4 Å². The molecule has 0 aliphatic heterocycles. The number of ether oxygens (including phenoxy) is 2. The van der Waals surface area contributed by atoms with Gasteiger partial charge in [-0.3, -0.25) is 9.59 Å². The molecule has 28 heavy (non-hydrogen) atoms. The van der Waals surface area contributed by atoms with Crippen LogP contribution in [0, 0.1) is 5.92 Å². The van der Waals surface area contributed by atoms with E-state index < -0.39 is 0 Å². The van der Waals surface area contributed by atoms with Crippen LogP contribution < -0.4 is 20.1 Å². The fraction of sp³-hybridized carbons (Fsp3) is 0.364. The Morgan fingerprint density at radius 1 is 0.893 bits per heavy atom. The van der Waals surface area contributed by atoms with Gasteiger partial charge in [-0.1, -0.05) is 26.0 Å². The van der Waals surface area contributed by atoms with Crippen LogP contribution in [0.3, 0.4) is 0 Å². The van der Waals surface area contributed by atoms with Gasteiger partial charge in [0.15, 0.2) is 11.5 Å². The second kappa shape index (κ2) is 11.0. The Morgan fingerprint density at radius 3 is 2.04 bits per heavy atom. The molecule has 0 saturated heterocycles. The van der Waals surface area contributed by atoms with Gasteiger partial charge in [-0.05, 0) is 49.7 Å². The first-order valence-electron chi connectivity index (χ1n) is 9.55. The standard InChI is InChI=1S/C22H28N2O4/c1-4-27-19-8-5-6-9-20(19)28-15-7-10-21(25)23-17-11-13-18(14-12-17)24-22(26)16(2)3/h5-6,8-9,11-14,16H,4,7,10,15H2,1-3H3,(H,23,25)(H,24,26). The highest BCUT2D eigenvalue weighted by Gasteiger charge is 2.08. The van der Waals surface area contributed by atoms with Crippen molar-refractivity contribution in [1.82, 2.24) is 0 Å². The molecule has 0 saturated carbocycles. The Morgan fingerprint density at radius 2 is 1.46 bits per heavy atom. The number of carbonyl (C=O) groups excluding carboxylic acids is 2. The highest BCUT2D eigenvalue weighted by atomic mass is 16.5. The third-order valence-corrected chi connectivity index (χ3v) is 3.92. The van der Waals surface area contributed by atoms with Crippen LogP contribution >= 0.6 is 0 Å². The average Bonchev–Trinajstić information content (AvgIpc) is 2.68. The van der Waals surface area contributed by atoms with Gasteiger partial charge in [-0.2, -0.15) is 0 Å². The summed E-state index contributed by atoms with van der Waals surface area (Å²) in [6.07, 6.45) is 0.942. The second-order valence-electron chi connectivity index (χ2n) is 6.60. The molecule has 6 heteroatoms. The molecule has 0 unspecified atom stereocenters. The zero-order valence-corrected chi connectivity index (χ0v) is 16.7. The number of hydrogen-bond donors (Lipinski definition) is 2. The van der Waals surface area contributed by atoms with Crippen molar-refractivity contribution in [3.63, 3.8) is 0 Å². The number of para-hydroxylation sites is 2.